The van der Waals surface area contributed by atoms with Crippen LogP contribution in [-0.2, 0) is 13.1 Å². The van der Waals surface area contributed by atoms with Gasteiger partial charge in [-0.05, 0) is 18.2 Å². The second-order valence-electron chi connectivity index (χ2n) is 4.31. The van der Waals surface area contributed by atoms with Gasteiger partial charge in [0.05, 0.1) is 6.54 Å². The number of primary amides is 1. The fourth-order valence-electron chi connectivity index (χ4n) is 1.98. The largest absolute Gasteiger partial charge is 0.364 e. The molecule has 6 nitrogen and oxygen atoms in total. The number of amides is 1. The van der Waals surface area contributed by atoms with Crippen molar-refractivity contribution < 1.29 is 4.79 Å². The number of aryl methyl sites for hydroxylation is 2. The third-order valence-corrected chi connectivity index (χ3v) is 3.17. The van der Waals surface area contributed by atoms with Crippen molar-refractivity contribution in [2.75, 3.05) is 0 Å². The highest BCUT2D eigenvalue weighted by molar-refractivity contribution is 6.29. The first kappa shape index (κ1) is 12.7. The lowest BCUT2D eigenvalue weighted by molar-refractivity contribution is 0.0994. The monoisotopic (exact) mass is 288 g/mol. The SMILES string of the molecule is NC(=O)c1[c]cn(CCn2ccc3ccc(Cl)nc32)n1. The minimum absolute atomic E-state index is 0.142. The topological polar surface area (TPSA) is 78.7 Å². The minimum atomic E-state index is -0.580. The van der Waals surface area contributed by atoms with Crippen LogP contribution in [0.25, 0.3) is 11.0 Å². The van der Waals surface area contributed by atoms with Crippen molar-refractivity contribution in [1.29, 1.82) is 0 Å². The highest BCUT2D eigenvalue weighted by Gasteiger charge is 2.06. The van der Waals surface area contributed by atoms with E-state index in [9.17, 15) is 4.79 Å². The van der Waals surface area contributed by atoms with Gasteiger partial charge in [0.15, 0.2) is 5.69 Å². The van der Waals surface area contributed by atoms with E-state index in [1.165, 1.54) is 0 Å². The summed E-state index contributed by atoms with van der Waals surface area (Å²) in [5.74, 6) is -0.580. The zero-order chi connectivity index (χ0) is 14.1. The predicted molar refractivity (Wildman–Crippen MR) is 74.3 cm³/mol. The van der Waals surface area contributed by atoms with Crippen molar-refractivity contribution in [3.8, 4) is 0 Å². The fourth-order valence-corrected chi connectivity index (χ4v) is 2.13. The molecule has 3 aromatic rings. The number of rotatable bonds is 4. The van der Waals surface area contributed by atoms with E-state index in [4.69, 9.17) is 17.3 Å². The maximum Gasteiger partial charge on any atom is 0.269 e. The highest BCUT2D eigenvalue weighted by Crippen LogP contribution is 2.16. The third kappa shape index (κ3) is 2.37. The number of pyridine rings is 1. The molecule has 0 atom stereocenters. The molecule has 0 aliphatic heterocycles. The standard InChI is InChI=1S/C13H11ClN5O/c14-11-2-1-9-3-5-18(13(9)16-11)7-8-19-6-4-10(17-19)12(15)20/h1-3,5-6H,7-8H2,(H2,15,20). The number of aromatic nitrogens is 4. The lowest BCUT2D eigenvalue weighted by atomic mass is 10.3. The summed E-state index contributed by atoms with van der Waals surface area (Å²) in [6.07, 6.45) is 3.54. The predicted octanol–water partition coefficient (Wildman–Crippen LogP) is 1.49. The van der Waals surface area contributed by atoms with Gasteiger partial charge in [0.2, 0.25) is 0 Å². The molecular weight excluding hydrogens is 278 g/mol. The summed E-state index contributed by atoms with van der Waals surface area (Å²) in [4.78, 5) is 15.2. The van der Waals surface area contributed by atoms with Gasteiger partial charge in [-0.1, -0.05) is 11.6 Å². The number of carbonyl (C=O) groups is 1. The molecule has 0 aliphatic rings. The van der Waals surface area contributed by atoms with Crippen molar-refractivity contribution in [3.05, 3.63) is 47.5 Å². The molecule has 1 radical (unpaired) electrons. The van der Waals surface area contributed by atoms with Gasteiger partial charge in [-0.15, -0.1) is 0 Å². The number of halogens is 1. The van der Waals surface area contributed by atoms with Crippen LogP contribution in [0.15, 0.2) is 30.6 Å². The van der Waals surface area contributed by atoms with Crippen LogP contribution in [0.4, 0.5) is 0 Å². The highest BCUT2D eigenvalue weighted by atomic mass is 35.5. The normalized spacial score (nSPS) is 11.1. The van der Waals surface area contributed by atoms with Crippen LogP contribution in [0.2, 0.25) is 5.15 Å². The Kier molecular flexibility index (Phi) is 3.15. The molecule has 0 saturated heterocycles. The summed E-state index contributed by atoms with van der Waals surface area (Å²) in [5, 5.41) is 5.52. The summed E-state index contributed by atoms with van der Waals surface area (Å²) >= 11 is 5.90. The van der Waals surface area contributed by atoms with E-state index in [-0.39, 0.29) is 5.69 Å². The van der Waals surface area contributed by atoms with Crippen LogP contribution in [0, 0.1) is 6.07 Å². The van der Waals surface area contributed by atoms with Crippen LogP contribution in [0.3, 0.4) is 0 Å². The van der Waals surface area contributed by atoms with E-state index in [2.05, 4.69) is 16.1 Å². The van der Waals surface area contributed by atoms with Crippen molar-refractivity contribution in [2.45, 2.75) is 13.1 Å². The summed E-state index contributed by atoms with van der Waals surface area (Å²) in [6.45, 7) is 1.24. The number of nitrogens with zero attached hydrogens (tertiary/aromatic N) is 4. The molecule has 0 bridgehead atoms. The van der Waals surface area contributed by atoms with Crippen molar-refractivity contribution in [2.24, 2.45) is 5.73 Å². The first-order valence-electron chi connectivity index (χ1n) is 6.00. The van der Waals surface area contributed by atoms with Crippen LogP contribution < -0.4 is 5.73 Å². The van der Waals surface area contributed by atoms with Crippen molar-refractivity contribution in [3.63, 3.8) is 0 Å². The third-order valence-electron chi connectivity index (χ3n) is 2.96. The molecule has 1 amide bonds. The number of hydrogen-bond acceptors (Lipinski definition) is 3. The Hall–Kier alpha value is -2.34. The van der Waals surface area contributed by atoms with E-state index in [1.54, 1.807) is 16.9 Å². The van der Waals surface area contributed by atoms with Crippen LogP contribution >= 0.6 is 11.6 Å². The van der Waals surface area contributed by atoms with Gasteiger partial charge < -0.3 is 10.3 Å². The van der Waals surface area contributed by atoms with E-state index in [0.29, 0.717) is 18.2 Å². The number of carbonyl (C=O) groups excluding carboxylic acids is 1. The Morgan fingerprint density at radius 1 is 1.35 bits per heavy atom. The summed E-state index contributed by atoms with van der Waals surface area (Å²) in [7, 11) is 0. The number of fused-ring (bicyclic) bond motifs is 1. The van der Waals surface area contributed by atoms with Crippen LogP contribution in [0.1, 0.15) is 10.5 Å². The molecule has 3 heterocycles. The zero-order valence-corrected chi connectivity index (χ0v) is 11.2. The van der Waals surface area contributed by atoms with Gasteiger partial charge in [0.25, 0.3) is 5.91 Å². The fraction of sp³-hybridized carbons (Fsp3) is 0.154. The summed E-state index contributed by atoms with van der Waals surface area (Å²) in [5.41, 5.74) is 6.10. The van der Waals surface area contributed by atoms with Gasteiger partial charge in [0.1, 0.15) is 10.8 Å². The molecule has 0 fully saturated rings. The molecule has 0 saturated carbocycles. The minimum Gasteiger partial charge on any atom is -0.364 e. The van der Waals surface area contributed by atoms with Crippen molar-refractivity contribution >= 4 is 28.5 Å². The van der Waals surface area contributed by atoms with Crippen LogP contribution in [0.5, 0.6) is 0 Å². The average Bonchev–Trinajstić information content (AvgIpc) is 3.02. The molecule has 2 N–H and O–H groups in total. The Morgan fingerprint density at radius 3 is 2.95 bits per heavy atom. The molecular formula is C13H11ClN5O. The molecule has 101 valence electrons. The van der Waals surface area contributed by atoms with Crippen LogP contribution in [-0.4, -0.2) is 25.2 Å². The van der Waals surface area contributed by atoms with Gasteiger partial charge >= 0.3 is 0 Å². The Balaban J connectivity index is 1.79. The summed E-state index contributed by atoms with van der Waals surface area (Å²) in [6, 6.07) is 8.37. The lowest BCUT2D eigenvalue weighted by Crippen LogP contribution is -2.13. The van der Waals surface area contributed by atoms with Gasteiger partial charge in [-0.2, -0.15) is 5.10 Å². The van der Waals surface area contributed by atoms with E-state index in [0.717, 1.165) is 11.0 Å². The van der Waals surface area contributed by atoms with E-state index < -0.39 is 5.91 Å². The maximum absolute atomic E-state index is 10.9. The van der Waals surface area contributed by atoms with Gasteiger partial charge in [-0.3, -0.25) is 9.48 Å². The lowest BCUT2D eigenvalue weighted by Gasteiger charge is -2.05. The maximum atomic E-state index is 10.9. The zero-order valence-electron chi connectivity index (χ0n) is 10.5. The molecule has 3 rings (SSSR count). The smallest absolute Gasteiger partial charge is 0.269 e. The average molecular weight is 289 g/mol. The molecule has 0 aliphatic carbocycles. The summed E-state index contributed by atoms with van der Waals surface area (Å²) < 4.78 is 3.60. The first-order valence-corrected chi connectivity index (χ1v) is 6.37. The van der Waals surface area contributed by atoms with E-state index >= 15 is 0 Å². The molecule has 3 aromatic heterocycles. The van der Waals surface area contributed by atoms with Gasteiger partial charge in [-0.25, -0.2) is 4.98 Å². The Morgan fingerprint density at radius 2 is 2.20 bits per heavy atom. The van der Waals surface area contributed by atoms with Gasteiger partial charge in [0, 0.05) is 30.4 Å². The Labute approximate surface area is 119 Å². The molecule has 0 spiro atoms. The number of nitrogens with two attached hydrogens (primary N) is 1. The quantitative estimate of drug-likeness (QED) is 0.739. The first-order chi connectivity index (χ1) is 9.63. The second-order valence-corrected chi connectivity index (χ2v) is 4.69. The number of hydrogen-bond donors (Lipinski definition) is 1. The van der Waals surface area contributed by atoms with E-state index in [1.807, 2.05) is 22.9 Å². The van der Waals surface area contributed by atoms with Crippen molar-refractivity contribution in [1.82, 2.24) is 19.3 Å². The Bertz CT molecular complexity index is 776. The molecule has 20 heavy (non-hydrogen) atoms. The molecule has 0 aromatic carbocycles. The molecule has 0 unspecified atom stereocenters. The second kappa shape index (κ2) is 4.97. The molecule has 7 heteroatoms.